The Morgan fingerprint density at radius 2 is 2.50 bits per heavy atom. The molecule has 1 atom stereocenters. The Labute approximate surface area is 103 Å². The Morgan fingerprint density at radius 1 is 1.58 bits per heavy atom. The minimum Gasteiger partial charge on any atom is -0.394 e. The number of nitrogens with zero attached hydrogens (tertiary/aromatic N) is 1. The number of aromatic nitrogens is 1. The van der Waals surface area contributed by atoms with Gasteiger partial charge in [-0.2, -0.15) is 23.9 Å². The van der Waals surface area contributed by atoms with Gasteiger partial charge < -0.3 is 4.98 Å². The monoisotopic (exact) mass is 253 g/mol. The zero-order valence-corrected chi connectivity index (χ0v) is 10.5. The van der Waals surface area contributed by atoms with Gasteiger partial charge in [-0.1, -0.05) is 12.4 Å². The van der Waals surface area contributed by atoms with Crippen LogP contribution in [-0.4, -0.2) is 16.5 Å². The molecule has 1 aromatic heterocycles. The third kappa shape index (κ3) is 2.54. The number of rotatable bonds is 1. The molecule has 1 aliphatic heterocycles. The SMILES string of the molecule is [Y].[c-]1ccc(C2CCSC2)cn1. The van der Waals surface area contributed by atoms with E-state index in [1.54, 1.807) is 0 Å². The van der Waals surface area contributed by atoms with E-state index in [-0.39, 0.29) is 32.7 Å². The summed E-state index contributed by atoms with van der Waals surface area (Å²) in [6.07, 6.45) is 6.06. The van der Waals surface area contributed by atoms with Gasteiger partial charge in [0.1, 0.15) is 0 Å². The summed E-state index contributed by atoms with van der Waals surface area (Å²) in [7, 11) is 0. The van der Waals surface area contributed by atoms with Crippen LogP contribution in [0.25, 0.3) is 0 Å². The zero-order valence-electron chi connectivity index (χ0n) is 6.86. The first-order valence-electron chi connectivity index (χ1n) is 3.86. The minimum atomic E-state index is 0. The van der Waals surface area contributed by atoms with E-state index in [0.29, 0.717) is 0 Å². The fourth-order valence-corrected chi connectivity index (χ4v) is 2.63. The maximum atomic E-state index is 4.00. The smallest absolute Gasteiger partial charge is 0 e. The molecule has 3 heteroatoms. The van der Waals surface area contributed by atoms with Gasteiger partial charge in [-0.15, -0.1) is 5.56 Å². The molecule has 0 N–H and O–H groups in total. The summed E-state index contributed by atoms with van der Waals surface area (Å²) in [4.78, 5) is 4.00. The zero-order chi connectivity index (χ0) is 7.52. The van der Waals surface area contributed by atoms with Crippen LogP contribution < -0.4 is 0 Å². The van der Waals surface area contributed by atoms with E-state index in [1.165, 1.54) is 23.5 Å². The van der Waals surface area contributed by atoms with Crippen LogP contribution in [0, 0.1) is 6.20 Å². The topological polar surface area (TPSA) is 12.9 Å². The maximum Gasteiger partial charge on any atom is 0 e. The fraction of sp³-hybridized carbons (Fsp3) is 0.444. The van der Waals surface area contributed by atoms with Crippen molar-refractivity contribution in [3.05, 3.63) is 30.1 Å². The predicted molar refractivity (Wildman–Crippen MR) is 47.8 cm³/mol. The van der Waals surface area contributed by atoms with Crippen LogP contribution >= 0.6 is 11.8 Å². The average Bonchev–Trinajstić information content (AvgIpc) is 2.58. The molecule has 1 nitrogen and oxygen atoms in total. The number of hydrogen-bond donors (Lipinski definition) is 0. The standard InChI is InChI=1S/C9H10NS.Y/c1-2-8(6-10-4-1)9-3-5-11-7-9;/h1-2,6,9H,3,5,7H2;/q-1;. The van der Waals surface area contributed by atoms with Crippen molar-refractivity contribution in [2.75, 3.05) is 11.5 Å². The van der Waals surface area contributed by atoms with Crippen molar-refractivity contribution in [2.24, 2.45) is 0 Å². The number of hydrogen-bond acceptors (Lipinski definition) is 2. The van der Waals surface area contributed by atoms with E-state index in [9.17, 15) is 0 Å². The van der Waals surface area contributed by atoms with E-state index in [4.69, 9.17) is 0 Å². The van der Waals surface area contributed by atoms with Crippen molar-refractivity contribution in [1.29, 1.82) is 0 Å². The first-order valence-corrected chi connectivity index (χ1v) is 5.02. The van der Waals surface area contributed by atoms with Crippen molar-refractivity contribution in [1.82, 2.24) is 4.98 Å². The molecule has 1 unspecified atom stereocenters. The van der Waals surface area contributed by atoms with Gasteiger partial charge in [0.05, 0.1) is 0 Å². The van der Waals surface area contributed by atoms with Gasteiger partial charge in [0.2, 0.25) is 0 Å². The van der Waals surface area contributed by atoms with Crippen LogP contribution in [0.15, 0.2) is 18.3 Å². The summed E-state index contributed by atoms with van der Waals surface area (Å²) in [6.45, 7) is 0. The largest absolute Gasteiger partial charge is 0.394 e. The Hall–Kier alpha value is 0.604. The summed E-state index contributed by atoms with van der Waals surface area (Å²) in [5, 5.41) is 0. The first-order chi connectivity index (χ1) is 5.47. The fourth-order valence-electron chi connectivity index (χ4n) is 1.37. The third-order valence-electron chi connectivity index (χ3n) is 2.04. The summed E-state index contributed by atoms with van der Waals surface area (Å²) in [6, 6.07) is 4.03. The molecule has 1 aliphatic rings. The first kappa shape index (κ1) is 10.7. The van der Waals surface area contributed by atoms with Gasteiger partial charge in [0, 0.05) is 32.7 Å². The van der Waals surface area contributed by atoms with Gasteiger partial charge in [0.15, 0.2) is 0 Å². The maximum absolute atomic E-state index is 4.00. The van der Waals surface area contributed by atoms with Crippen molar-refractivity contribution in [3.63, 3.8) is 0 Å². The van der Waals surface area contributed by atoms with E-state index in [0.717, 1.165) is 5.92 Å². The molecule has 0 aromatic carbocycles. The predicted octanol–water partition coefficient (Wildman–Crippen LogP) is 2.10. The van der Waals surface area contributed by atoms with Gasteiger partial charge in [-0.3, -0.25) is 0 Å². The molecule has 2 rings (SSSR count). The molecule has 61 valence electrons. The third-order valence-corrected chi connectivity index (χ3v) is 3.20. The molecule has 1 fully saturated rings. The second-order valence-corrected chi connectivity index (χ2v) is 3.93. The quantitative estimate of drug-likeness (QED) is 0.711. The van der Waals surface area contributed by atoms with E-state index >= 15 is 0 Å². The normalized spacial score (nSPS) is 21.8. The molecule has 0 bridgehead atoms. The van der Waals surface area contributed by atoms with Gasteiger partial charge in [0.25, 0.3) is 0 Å². The second-order valence-electron chi connectivity index (χ2n) is 2.78. The second kappa shape index (κ2) is 5.36. The van der Waals surface area contributed by atoms with Crippen molar-refractivity contribution in [2.45, 2.75) is 12.3 Å². The molecule has 0 saturated carbocycles. The Morgan fingerprint density at radius 3 is 3.08 bits per heavy atom. The van der Waals surface area contributed by atoms with Crippen LogP contribution in [0.3, 0.4) is 0 Å². The number of pyridine rings is 1. The van der Waals surface area contributed by atoms with E-state index in [1.807, 2.05) is 24.0 Å². The average molecular weight is 253 g/mol. The molecule has 0 amide bonds. The Kier molecular flexibility index (Phi) is 4.77. The van der Waals surface area contributed by atoms with Crippen molar-refractivity contribution in [3.8, 4) is 0 Å². The minimum absolute atomic E-state index is 0. The summed E-state index contributed by atoms with van der Waals surface area (Å²) in [5.74, 6) is 3.33. The van der Waals surface area contributed by atoms with Crippen LogP contribution in [0.4, 0.5) is 0 Å². The van der Waals surface area contributed by atoms with Crippen molar-refractivity contribution >= 4 is 11.8 Å². The Balaban J connectivity index is 0.000000720. The van der Waals surface area contributed by atoms with Gasteiger partial charge in [-0.25, -0.2) is 0 Å². The molecule has 1 radical (unpaired) electrons. The summed E-state index contributed by atoms with van der Waals surface area (Å²) in [5.41, 5.74) is 1.38. The number of thioether (sulfide) groups is 1. The molecule has 0 spiro atoms. The molecule has 0 aliphatic carbocycles. The molecule has 12 heavy (non-hydrogen) atoms. The van der Waals surface area contributed by atoms with Crippen LogP contribution in [0.2, 0.25) is 0 Å². The summed E-state index contributed by atoms with van der Waals surface area (Å²) >= 11 is 2.04. The van der Waals surface area contributed by atoms with Crippen LogP contribution in [0.5, 0.6) is 0 Å². The summed E-state index contributed by atoms with van der Waals surface area (Å²) < 4.78 is 0. The van der Waals surface area contributed by atoms with E-state index in [2.05, 4.69) is 17.2 Å². The van der Waals surface area contributed by atoms with Crippen LogP contribution in [-0.2, 0) is 32.7 Å². The Bertz CT molecular complexity index is 221. The van der Waals surface area contributed by atoms with Crippen LogP contribution in [0.1, 0.15) is 17.9 Å². The van der Waals surface area contributed by atoms with Gasteiger partial charge in [-0.05, 0) is 23.8 Å². The molecular formula is C9H10NSY-. The van der Waals surface area contributed by atoms with E-state index < -0.39 is 0 Å². The molecular weight excluding hydrogens is 243 g/mol. The molecule has 2 heterocycles. The molecule has 1 saturated heterocycles. The molecule has 1 aromatic rings. The van der Waals surface area contributed by atoms with Crippen molar-refractivity contribution < 1.29 is 32.7 Å². The van der Waals surface area contributed by atoms with Gasteiger partial charge >= 0.3 is 0 Å².